The van der Waals surface area contributed by atoms with E-state index in [-0.39, 0.29) is 19.8 Å². The van der Waals surface area contributed by atoms with E-state index in [1.54, 1.807) is 6.92 Å². The quantitative estimate of drug-likeness (QED) is 0.271. The molecule has 30 heavy (non-hydrogen) atoms. The van der Waals surface area contributed by atoms with Crippen LogP contribution < -0.4 is 0 Å². The minimum atomic E-state index is -7.86. The Labute approximate surface area is 161 Å². The molecule has 0 aliphatic carbocycles. The van der Waals surface area contributed by atoms with Gasteiger partial charge in [0.15, 0.2) is 0 Å². The van der Waals surface area contributed by atoms with E-state index < -0.39 is 60.7 Å². The van der Waals surface area contributed by atoms with Gasteiger partial charge in [-0.05, 0) is 12.8 Å². The van der Waals surface area contributed by atoms with Crippen molar-refractivity contribution in [2.24, 2.45) is 5.41 Å². The van der Waals surface area contributed by atoms with Crippen LogP contribution in [-0.4, -0.2) is 62.2 Å². The molecule has 1 fully saturated rings. The first-order valence-corrected chi connectivity index (χ1v) is 8.34. The second-order valence-corrected chi connectivity index (χ2v) is 7.00. The van der Waals surface area contributed by atoms with Gasteiger partial charge in [-0.2, -0.15) is 57.1 Å². The van der Waals surface area contributed by atoms with Gasteiger partial charge in [-0.15, -0.1) is 0 Å². The van der Waals surface area contributed by atoms with E-state index >= 15 is 0 Å². The summed E-state index contributed by atoms with van der Waals surface area (Å²) < 4.78 is 178. The van der Waals surface area contributed by atoms with Crippen LogP contribution in [0.25, 0.3) is 0 Å². The van der Waals surface area contributed by atoms with Gasteiger partial charge in [0, 0.05) is 18.4 Å². The maximum atomic E-state index is 13.6. The zero-order valence-corrected chi connectivity index (χ0v) is 15.2. The van der Waals surface area contributed by atoms with E-state index in [1.165, 1.54) is 0 Å². The Morgan fingerprint density at radius 1 is 0.733 bits per heavy atom. The number of rotatable bonds is 11. The Hall–Kier alpha value is -0.990. The Morgan fingerprint density at radius 3 is 1.57 bits per heavy atom. The zero-order chi connectivity index (χ0) is 23.9. The van der Waals surface area contributed by atoms with Crippen molar-refractivity contribution in [2.45, 2.75) is 62.0 Å². The van der Waals surface area contributed by atoms with E-state index in [0.717, 1.165) is 0 Å². The van der Waals surface area contributed by atoms with Crippen LogP contribution in [0.3, 0.4) is 0 Å². The Kier molecular flexibility index (Phi) is 7.37. The first-order chi connectivity index (χ1) is 13.2. The van der Waals surface area contributed by atoms with Gasteiger partial charge in [0.05, 0.1) is 19.8 Å². The Balaban J connectivity index is 2.87. The van der Waals surface area contributed by atoms with Gasteiger partial charge < -0.3 is 9.47 Å². The van der Waals surface area contributed by atoms with E-state index in [0.29, 0.717) is 6.42 Å². The van der Waals surface area contributed by atoms with Gasteiger partial charge in [0.25, 0.3) is 0 Å². The van der Waals surface area contributed by atoms with E-state index in [9.17, 15) is 57.1 Å². The van der Waals surface area contributed by atoms with E-state index in [4.69, 9.17) is 9.47 Å². The number of halogens is 13. The fourth-order valence-electron chi connectivity index (χ4n) is 2.42. The summed E-state index contributed by atoms with van der Waals surface area (Å²) in [5, 5.41) is 0. The molecule has 0 aromatic carbocycles. The van der Waals surface area contributed by atoms with Gasteiger partial charge in [0.2, 0.25) is 0 Å². The monoisotopic (exact) mass is 476 g/mol. The third-order valence-electron chi connectivity index (χ3n) is 4.75. The summed E-state index contributed by atoms with van der Waals surface area (Å²) in [6, 6.07) is 0. The van der Waals surface area contributed by atoms with Crippen molar-refractivity contribution in [3.8, 4) is 0 Å². The molecule has 1 saturated heterocycles. The summed E-state index contributed by atoms with van der Waals surface area (Å²) in [5.41, 5.74) is -0.454. The summed E-state index contributed by atoms with van der Waals surface area (Å²) in [7, 11) is 0. The average Bonchev–Trinajstić information content (AvgIpc) is 2.54. The van der Waals surface area contributed by atoms with Gasteiger partial charge in [0.1, 0.15) is 0 Å². The SMILES string of the molecule is CCC1(COCCCC(F)(F)C(F)(F)C(F)(F)C(F)(F)C(F)(F)C(F)(F)F)COC1. The number of alkyl halides is 13. The van der Waals surface area contributed by atoms with Crippen molar-refractivity contribution < 1.29 is 66.5 Å². The number of hydrogen-bond acceptors (Lipinski definition) is 2. The highest BCUT2D eigenvalue weighted by molar-refractivity contribution is 5.10. The molecular formula is C15H17F13O2. The first kappa shape index (κ1) is 27.0. The highest BCUT2D eigenvalue weighted by Gasteiger charge is 2.90. The smallest absolute Gasteiger partial charge is 0.381 e. The Morgan fingerprint density at radius 2 is 1.20 bits per heavy atom. The molecule has 1 heterocycles. The highest BCUT2D eigenvalue weighted by atomic mass is 19.4. The summed E-state index contributed by atoms with van der Waals surface area (Å²) in [6.07, 6.45) is -10.2. The lowest BCUT2D eigenvalue weighted by atomic mass is 9.84. The molecule has 0 bridgehead atoms. The van der Waals surface area contributed by atoms with Crippen molar-refractivity contribution in [2.75, 3.05) is 26.4 Å². The normalized spacial score (nSPS) is 19.0. The maximum Gasteiger partial charge on any atom is 0.460 e. The molecule has 2 nitrogen and oxygen atoms in total. The average molecular weight is 476 g/mol. The number of hydrogen-bond donors (Lipinski definition) is 0. The summed E-state index contributed by atoms with van der Waals surface area (Å²) in [4.78, 5) is 0. The van der Waals surface area contributed by atoms with Crippen LogP contribution in [0, 0.1) is 5.41 Å². The topological polar surface area (TPSA) is 18.5 Å². The van der Waals surface area contributed by atoms with Crippen molar-refractivity contribution in [1.29, 1.82) is 0 Å². The standard InChI is InChI=1S/C15H17F13O2/c1-2-9(7-30-8-9)6-29-5-3-4-10(16,17)11(18,19)12(20,21)13(22,23)14(24,25)15(26,27)28/h2-8H2,1H3. The van der Waals surface area contributed by atoms with Crippen LogP contribution in [0.5, 0.6) is 0 Å². The summed E-state index contributed by atoms with van der Waals surface area (Å²) >= 11 is 0. The lowest BCUT2D eigenvalue weighted by Crippen LogP contribution is -2.70. The minimum absolute atomic E-state index is 0.0719. The minimum Gasteiger partial charge on any atom is -0.381 e. The molecule has 0 N–H and O–H groups in total. The Bertz CT molecular complexity index is 576. The molecule has 0 amide bonds. The molecule has 1 aliphatic heterocycles. The van der Waals surface area contributed by atoms with Crippen molar-refractivity contribution >= 4 is 0 Å². The van der Waals surface area contributed by atoms with Gasteiger partial charge in [-0.25, -0.2) is 0 Å². The molecule has 1 rings (SSSR count). The van der Waals surface area contributed by atoms with Gasteiger partial charge >= 0.3 is 35.8 Å². The summed E-state index contributed by atoms with van der Waals surface area (Å²) in [6.45, 7) is 1.46. The van der Waals surface area contributed by atoms with E-state index in [1.807, 2.05) is 0 Å². The molecule has 0 unspecified atom stereocenters. The third-order valence-corrected chi connectivity index (χ3v) is 4.75. The molecule has 180 valence electrons. The van der Waals surface area contributed by atoms with Gasteiger partial charge in [-0.1, -0.05) is 6.92 Å². The lowest BCUT2D eigenvalue weighted by Gasteiger charge is -2.40. The maximum absolute atomic E-state index is 13.6. The van der Waals surface area contributed by atoms with Crippen molar-refractivity contribution in [3.05, 3.63) is 0 Å². The van der Waals surface area contributed by atoms with Crippen LogP contribution in [0.2, 0.25) is 0 Å². The van der Waals surface area contributed by atoms with Crippen LogP contribution in [-0.2, 0) is 9.47 Å². The lowest BCUT2D eigenvalue weighted by molar-refractivity contribution is -0.440. The fraction of sp³-hybridized carbons (Fsp3) is 1.00. The predicted molar refractivity (Wildman–Crippen MR) is 74.4 cm³/mol. The first-order valence-electron chi connectivity index (χ1n) is 8.34. The van der Waals surface area contributed by atoms with Gasteiger partial charge in [-0.3, -0.25) is 0 Å². The predicted octanol–water partition coefficient (Wildman–Crippen LogP) is 5.95. The zero-order valence-electron chi connectivity index (χ0n) is 15.2. The molecule has 0 aromatic heterocycles. The highest BCUT2D eigenvalue weighted by Crippen LogP contribution is 2.60. The second-order valence-electron chi connectivity index (χ2n) is 7.00. The molecule has 0 atom stereocenters. The fourth-order valence-corrected chi connectivity index (χ4v) is 2.42. The van der Waals surface area contributed by atoms with Crippen LogP contribution >= 0.6 is 0 Å². The molecule has 15 heteroatoms. The molecule has 0 saturated carbocycles. The number of ether oxygens (including phenoxy) is 2. The summed E-state index contributed by atoms with van der Waals surface area (Å²) in [5.74, 6) is -36.6. The molecule has 0 spiro atoms. The second kappa shape index (κ2) is 8.17. The third kappa shape index (κ3) is 4.32. The largest absolute Gasteiger partial charge is 0.460 e. The molecule has 0 aromatic rings. The molecule has 1 aliphatic rings. The molecule has 0 radical (unpaired) electrons. The van der Waals surface area contributed by atoms with Crippen molar-refractivity contribution in [1.82, 2.24) is 0 Å². The van der Waals surface area contributed by atoms with Crippen LogP contribution in [0.1, 0.15) is 26.2 Å². The molecular weight excluding hydrogens is 459 g/mol. The van der Waals surface area contributed by atoms with E-state index in [2.05, 4.69) is 0 Å². The van der Waals surface area contributed by atoms with Crippen LogP contribution in [0.15, 0.2) is 0 Å². The van der Waals surface area contributed by atoms with Crippen molar-refractivity contribution in [3.63, 3.8) is 0 Å². The van der Waals surface area contributed by atoms with Crippen LogP contribution in [0.4, 0.5) is 57.1 Å².